The van der Waals surface area contributed by atoms with Crippen LogP contribution in [0.1, 0.15) is 5.69 Å². The predicted octanol–water partition coefficient (Wildman–Crippen LogP) is 1.94. The number of nitrogens with zero attached hydrogens (tertiary/aromatic N) is 1. The summed E-state index contributed by atoms with van der Waals surface area (Å²) in [7, 11) is 0. The minimum atomic E-state index is 0. The zero-order chi connectivity index (χ0) is 6.85. The first-order valence-electron chi connectivity index (χ1n) is 2.55. The summed E-state index contributed by atoms with van der Waals surface area (Å²) in [4.78, 5) is 0. The van der Waals surface area contributed by atoms with E-state index in [9.17, 15) is 0 Å². The fourth-order valence-corrected chi connectivity index (χ4v) is 0.901. The summed E-state index contributed by atoms with van der Waals surface area (Å²) in [6.07, 6.45) is 1.74. The Morgan fingerprint density at radius 2 is 2.10 bits per heavy atom. The summed E-state index contributed by atoms with van der Waals surface area (Å²) in [5, 5.41) is 0.688. The van der Waals surface area contributed by atoms with Gasteiger partial charge in [0.1, 0.15) is 5.02 Å². The SMILES string of the molecule is Cc1c(Cl)ccc[n+]1Cl.[Pt]. The monoisotopic (exact) mass is 357 g/mol. The average Bonchev–Trinajstić information content (AvgIpc) is 1.83. The first-order valence-corrected chi connectivity index (χ1v) is 3.26. The van der Waals surface area contributed by atoms with Crippen molar-refractivity contribution >= 4 is 23.4 Å². The van der Waals surface area contributed by atoms with E-state index in [0.29, 0.717) is 5.02 Å². The Hall–Kier alpha value is 0.418. The number of pyridine rings is 1. The van der Waals surface area contributed by atoms with E-state index in [-0.39, 0.29) is 21.1 Å². The topological polar surface area (TPSA) is 3.88 Å². The Morgan fingerprint density at radius 3 is 2.50 bits per heavy atom. The molecule has 0 aliphatic carbocycles. The van der Waals surface area contributed by atoms with Crippen molar-refractivity contribution in [1.82, 2.24) is 0 Å². The van der Waals surface area contributed by atoms with Crippen LogP contribution in [0.15, 0.2) is 18.3 Å². The Balaban J connectivity index is 0.000000810. The molecule has 0 saturated heterocycles. The maximum absolute atomic E-state index is 5.71. The van der Waals surface area contributed by atoms with E-state index < -0.39 is 0 Å². The second kappa shape index (κ2) is 4.33. The second-order valence-corrected chi connectivity index (χ2v) is 2.52. The molecular formula is C6H6Cl2NPt+. The van der Waals surface area contributed by atoms with Crippen molar-refractivity contribution in [3.8, 4) is 0 Å². The van der Waals surface area contributed by atoms with Gasteiger partial charge in [0.05, 0.1) is 0 Å². The molecule has 4 heteroatoms. The Kier molecular flexibility index (Phi) is 4.51. The molecule has 1 nitrogen and oxygen atoms in total. The van der Waals surface area contributed by atoms with Crippen molar-refractivity contribution in [1.29, 1.82) is 0 Å². The number of rotatable bonds is 0. The summed E-state index contributed by atoms with van der Waals surface area (Å²) in [6, 6.07) is 3.60. The van der Waals surface area contributed by atoms with Gasteiger partial charge in [0.15, 0.2) is 6.20 Å². The van der Waals surface area contributed by atoms with E-state index >= 15 is 0 Å². The Labute approximate surface area is 84.3 Å². The molecule has 10 heavy (non-hydrogen) atoms. The van der Waals surface area contributed by atoms with E-state index in [1.165, 1.54) is 4.09 Å². The first kappa shape index (κ1) is 10.4. The molecule has 0 fully saturated rings. The Bertz CT molecular complexity index is 207. The summed E-state index contributed by atoms with van der Waals surface area (Å²) >= 11 is 11.4. The van der Waals surface area contributed by atoms with Crippen LogP contribution in [0.4, 0.5) is 0 Å². The van der Waals surface area contributed by atoms with Crippen LogP contribution in [0.2, 0.25) is 5.02 Å². The van der Waals surface area contributed by atoms with Gasteiger partial charge in [0.2, 0.25) is 5.69 Å². The zero-order valence-corrected chi connectivity index (χ0v) is 9.04. The molecule has 1 heterocycles. The molecule has 0 saturated carbocycles. The van der Waals surface area contributed by atoms with Gasteiger partial charge in [-0.05, 0) is 6.07 Å². The number of halogens is 2. The number of hydrogen-bond acceptors (Lipinski definition) is 0. The van der Waals surface area contributed by atoms with Crippen LogP contribution in [0, 0.1) is 6.92 Å². The maximum atomic E-state index is 5.71. The molecule has 1 rings (SSSR count). The third-order valence-electron chi connectivity index (χ3n) is 1.13. The van der Waals surface area contributed by atoms with Crippen LogP contribution in [-0.4, -0.2) is 0 Å². The molecule has 0 N–H and O–H groups in total. The maximum Gasteiger partial charge on any atom is 0.268 e. The van der Waals surface area contributed by atoms with E-state index in [2.05, 4.69) is 0 Å². The smallest absolute Gasteiger partial charge is 0.0861 e. The van der Waals surface area contributed by atoms with Crippen LogP contribution >= 0.6 is 23.4 Å². The van der Waals surface area contributed by atoms with Gasteiger partial charge < -0.3 is 0 Å². The molecule has 0 bridgehead atoms. The molecule has 0 spiro atoms. The van der Waals surface area contributed by atoms with Gasteiger partial charge in [0, 0.05) is 34.1 Å². The normalized spacial score (nSPS) is 8.70. The van der Waals surface area contributed by atoms with Crippen LogP contribution in [0.3, 0.4) is 0 Å². The molecule has 0 aromatic carbocycles. The van der Waals surface area contributed by atoms with Crippen LogP contribution in [0.5, 0.6) is 0 Å². The Morgan fingerprint density at radius 1 is 1.50 bits per heavy atom. The van der Waals surface area contributed by atoms with Gasteiger partial charge in [-0.15, -0.1) is 0 Å². The fourth-order valence-electron chi connectivity index (χ4n) is 0.538. The number of aromatic nitrogens is 1. The van der Waals surface area contributed by atoms with E-state index in [4.69, 9.17) is 23.4 Å². The van der Waals surface area contributed by atoms with Crippen molar-refractivity contribution < 1.29 is 25.2 Å². The predicted molar refractivity (Wildman–Crippen MR) is 37.6 cm³/mol. The van der Waals surface area contributed by atoms with E-state index in [1.807, 2.05) is 6.92 Å². The summed E-state index contributed by atoms with van der Waals surface area (Å²) in [5.41, 5.74) is 0.862. The molecule has 58 valence electrons. The second-order valence-electron chi connectivity index (χ2n) is 1.75. The van der Waals surface area contributed by atoms with Gasteiger partial charge in [0.25, 0.3) is 11.8 Å². The number of hydrogen-bond donors (Lipinski definition) is 0. The molecule has 0 radical (unpaired) electrons. The largest absolute Gasteiger partial charge is 0.268 e. The van der Waals surface area contributed by atoms with Crippen molar-refractivity contribution in [3.05, 3.63) is 29.0 Å². The third kappa shape index (κ3) is 2.23. The van der Waals surface area contributed by atoms with Crippen LogP contribution in [-0.2, 0) is 21.1 Å². The van der Waals surface area contributed by atoms with Gasteiger partial charge in [-0.2, -0.15) is 0 Å². The van der Waals surface area contributed by atoms with Crippen LogP contribution in [0.25, 0.3) is 0 Å². The standard InChI is InChI=1S/C6H6Cl2N.Pt/c1-5-6(7)3-2-4-9(5)8;/h2-4H,1H3;/q+1;. The van der Waals surface area contributed by atoms with Crippen molar-refractivity contribution in [3.63, 3.8) is 0 Å². The van der Waals surface area contributed by atoms with Gasteiger partial charge >= 0.3 is 0 Å². The van der Waals surface area contributed by atoms with Crippen molar-refractivity contribution in [2.75, 3.05) is 0 Å². The fraction of sp³-hybridized carbons (Fsp3) is 0.167. The van der Waals surface area contributed by atoms with Crippen molar-refractivity contribution in [2.45, 2.75) is 6.92 Å². The van der Waals surface area contributed by atoms with Crippen LogP contribution < -0.4 is 4.09 Å². The molecule has 0 aliphatic heterocycles. The average molecular weight is 358 g/mol. The zero-order valence-electron chi connectivity index (χ0n) is 5.25. The molecule has 0 atom stereocenters. The van der Waals surface area contributed by atoms with Gasteiger partial charge in [-0.25, -0.2) is 0 Å². The van der Waals surface area contributed by atoms with E-state index in [0.717, 1.165) is 5.69 Å². The molecule has 0 aliphatic rings. The molecule has 0 amide bonds. The third-order valence-corrected chi connectivity index (χ3v) is 1.89. The summed E-state index contributed by atoms with van der Waals surface area (Å²) in [6.45, 7) is 1.86. The molecular weight excluding hydrogens is 352 g/mol. The molecule has 1 aromatic rings. The molecule has 1 aromatic heterocycles. The first-order chi connectivity index (χ1) is 4.22. The molecule has 0 unspecified atom stereocenters. The minimum absolute atomic E-state index is 0. The van der Waals surface area contributed by atoms with Gasteiger partial charge in [-0.3, -0.25) is 0 Å². The quantitative estimate of drug-likeness (QED) is 0.668. The van der Waals surface area contributed by atoms with Crippen molar-refractivity contribution in [2.24, 2.45) is 0 Å². The summed E-state index contributed by atoms with van der Waals surface area (Å²) in [5.74, 6) is 0. The van der Waals surface area contributed by atoms with Gasteiger partial charge in [-0.1, -0.05) is 15.7 Å². The minimum Gasteiger partial charge on any atom is -0.0861 e. The van der Waals surface area contributed by atoms with E-state index in [1.54, 1.807) is 18.3 Å². The summed E-state index contributed by atoms with van der Waals surface area (Å²) < 4.78 is 1.46.